The highest BCUT2D eigenvalue weighted by molar-refractivity contribution is 6.32. The highest BCUT2D eigenvalue weighted by Gasteiger charge is 2.21. The summed E-state index contributed by atoms with van der Waals surface area (Å²) in [7, 11) is 1.30. The lowest BCUT2D eigenvalue weighted by molar-refractivity contribution is 0.0602. The van der Waals surface area contributed by atoms with Gasteiger partial charge >= 0.3 is 5.97 Å². The maximum absolute atomic E-state index is 13.1. The van der Waals surface area contributed by atoms with Crippen molar-refractivity contribution < 1.29 is 28.5 Å². The second-order valence-corrected chi connectivity index (χ2v) is 7.75. The molecule has 8 nitrogen and oxygen atoms in total. The van der Waals surface area contributed by atoms with E-state index >= 15 is 0 Å². The van der Waals surface area contributed by atoms with E-state index in [1.807, 2.05) is 19.9 Å². The van der Waals surface area contributed by atoms with Gasteiger partial charge in [-0.2, -0.15) is 0 Å². The normalized spacial score (nSPS) is 13.4. The van der Waals surface area contributed by atoms with Crippen molar-refractivity contribution in [3.8, 4) is 11.5 Å². The van der Waals surface area contributed by atoms with Gasteiger partial charge in [-0.15, -0.1) is 0 Å². The summed E-state index contributed by atoms with van der Waals surface area (Å²) in [5, 5.41) is 3.07. The van der Waals surface area contributed by atoms with Crippen LogP contribution < -0.4 is 19.7 Å². The average molecular weight is 477 g/mol. The lowest BCUT2D eigenvalue weighted by Gasteiger charge is -2.29. The van der Waals surface area contributed by atoms with Crippen molar-refractivity contribution in [1.29, 1.82) is 0 Å². The number of hydrogen-bond donors (Lipinski definition) is 1. The molecule has 1 N–H and O–H groups in total. The van der Waals surface area contributed by atoms with E-state index < -0.39 is 11.9 Å². The summed E-state index contributed by atoms with van der Waals surface area (Å²) in [5.41, 5.74) is 1.73. The average Bonchev–Trinajstić information content (AvgIpc) is 2.83. The largest absolute Gasteiger partial charge is 0.490 e. The van der Waals surface area contributed by atoms with Gasteiger partial charge in [0.1, 0.15) is 0 Å². The molecule has 178 valence electrons. The van der Waals surface area contributed by atoms with E-state index in [9.17, 15) is 9.59 Å². The number of carbonyl (C=O) groups excluding carboxylic acids is 2. The Kier molecular flexibility index (Phi) is 8.79. The highest BCUT2D eigenvalue weighted by atomic mass is 35.5. The topological polar surface area (TPSA) is 86.3 Å². The SMILES string of the molecule is CCCOc1c(Cl)cc(C(=O)Nc2ccc(N3CCOCC3)cc2C(=O)OC)cc1OCC. The lowest BCUT2D eigenvalue weighted by Crippen LogP contribution is -2.36. The molecule has 1 aliphatic heterocycles. The zero-order valence-electron chi connectivity index (χ0n) is 19.1. The van der Waals surface area contributed by atoms with Gasteiger partial charge in [-0.1, -0.05) is 18.5 Å². The first-order valence-electron chi connectivity index (χ1n) is 10.9. The third-order valence-corrected chi connectivity index (χ3v) is 5.34. The zero-order valence-corrected chi connectivity index (χ0v) is 19.9. The molecule has 1 saturated heterocycles. The number of esters is 1. The van der Waals surface area contributed by atoms with Crippen molar-refractivity contribution in [2.45, 2.75) is 20.3 Å². The molecule has 0 atom stereocenters. The zero-order chi connectivity index (χ0) is 23.8. The summed E-state index contributed by atoms with van der Waals surface area (Å²) in [6, 6.07) is 8.36. The molecule has 2 aromatic rings. The van der Waals surface area contributed by atoms with Gasteiger partial charge in [-0.25, -0.2) is 4.79 Å². The van der Waals surface area contributed by atoms with Crippen LogP contribution in [0.5, 0.6) is 11.5 Å². The van der Waals surface area contributed by atoms with E-state index in [1.54, 1.807) is 18.2 Å². The first kappa shape index (κ1) is 24.7. The molecule has 0 aromatic heterocycles. The number of rotatable bonds is 9. The van der Waals surface area contributed by atoms with Crippen LogP contribution in [0.15, 0.2) is 30.3 Å². The second kappa shape index (κ2) is 11.8. The van der Waals surface area contributed by atoms with E-state index in [0.717, 1.165) is 25.2 Å². The van der Waals surface area contributed by atoms with Crippen molar-refractivity contribution in [2.24, 2.45) is 0 Å². The number of nitrogens with one attached hydrogen (secondary N) is 1. The fourth-order valence-corrected chi connectivity index (χ4v) is 3.70. The van der Waals surface area contributed by atoms with Crippen LogP contribution in [0.1, 0.15) is 41.0 Å². The van der Waals surface area contributed by atoms with Crippen LogP contribution in [0, 0.1) is 0 Å². The molecule has 1 aliphatic rings. The first-order valence-corrected chi connectivity index (χ1v) is 11.3. The molecule has 1 amide bonds. The van der Waals surface area contributed by atoms with Gasteiger partial charge in [-0.3, -0.25) is 4.79 Å². The number of hydrogen-bond acceptors (Lipinski definition) is 7. The van der Waals surface area contributed by atoms with Gasteiger partial charge in [0.2, 0.25) is 0 Å². The van der Waals surface area contributed by atoms with Crippen LogP contribution in [0.2, 0.25) is 5.02 Å². The van der Waals surface area contributed by atoms with Gasteiger partial charge in [-0.05, 0) is 43.7 Å². The molecule has 9 heteroatoms. The Morgan fingerprint density at radius 3 is 2.55 bits per heavy atom. The van der Waals surface area contributed by atoms with Gasteiger partial charge in [0.05, 0.1) is 49.8 Å². The van der Waals surface area contributed by atoms with Crippen molar-refractivity contribution in [1.82, 2.24) is 0 Å². The Hall–Kier alpha value is -2.97. The molecule has 0 bridgehead atoms. The summed E-state index contributed by atoms with van der Waals surface area (Å²) in [5.74, 6) is -0.192. The highest BCUT2D eigenvalue weighted by Crippen LogP contribution is 2.37. The number of methoxy groups -OCH3 is 1. The molecular weight excluding hydrogens is 448 g/mol. The molecule has 0 radical (unpaired) electrons. The summed E-state index contributed by atoms with van der Waals surface area (Å²) in [4.78, 5) is 27.6. The van der Waals surface area contributed by atoms with Gasteiger partial charge in [0, 0.05) is 24.3 Å². The van der Waals surface area contributed by atoms with Crippen molar-refractivity contribution in [2.75, 3.05) is 56.8 Å². The second-order valence-electron chi connectivity index (χ2n) is 7.34. The van der Waals surface area contributed by atoms with Crippen molar-refractivity contribution >= 4 is 34.9 Å². The predicted octanol–water partition coefficient (Wildman–Crippen LogP) is 4.40. The maximum atomic E-state index is 13.1. The number of amides is 1. The smallest absolute Gasteiger partial charge is 0.340 e. The van der Waals surface area contributed by atoms with Crippen LogP contribution in [0.4, 0.5) is 11.4 Å². The predicted molar refractivity (Wildman–Crippen MR) is 127 cm³/mol. The standard InChI is InChI=1S/C24H29ClN2O6/c1-4-10-33-22-19(25)13-16(14-21(22)32-5-2)23(28)26-20-7-6-17(15-18(20)24(29)30-3)27-8-11-31-12-9-27/h6-7,13-15H,4-5,8-12H2,1-3H3,(H,26,28). The molecule has 33 heavy (non-hydrogen) atoms. The molecule has 1 fully saturated rings. The quantitative estimate of drug-likeness (QED) is 0.536. The van der Waals surface area contributed by atoms with Crippen LogP contribution in [-0.4, -0.2) is 58.5 Å². The molecule has 2 aromatic carbocycles. The Balaban J connectivity index is 1.89. The molecular formula is C24H29ClN2O6. The first-order chi connectivity index (χ1) is 16.0. The molecule has 0 spiro atoms. The Morgan fingerprint density at radius 1 is 1.12 bits per heavy atom. The summed E-state index contributed by atoms with van der Waals surface area (Å²) < 4.78 is 21.7. The number of morpholine rings is 1. The maximum Gasteiger partial charge on any atom is 0.340 e. The fourth-order valence-electron chi connectivity index (χ4n) is 3.44. The van der Waals surface area contributed by atoms with Crippen LogP contribution in [-0.2, 0) is 9.47 Å². The third-order valence-electron chi connectivity index (χ3n) is 5.05. The number of carbonyl (C=O) groups is 2. The number of halogens is 1. The van der Waals surface area contributed by atoms with E-state index in [1.165, 1.54) is 13.2 Å². The van der Waals surface area contributed by atoms with Gasteiger partial charge in [0.15, 0.2) is 11.5 Å². The monoisotopic (exact) mass is 476 g/mol. The molecule has 1 heterocycles. The fraction of sp³-hybridized carbons (Fsp3) is 0.417. The Bertz CT molecular complexity index is 991. The summed E-state index contributed by atoms with van der Waals surface area (Å²) >= 11 is 6.39. The minimum Gasteiger partial charge on any atom is -0.490 e. The number of ether oxygens (including phenoxy) is 4. The van der Waals surface area contributed by atoms with E-state index in [0.29, 0.717) is 43.6 Å². The lowest BCUT2D eigenvalue weighted by atomic mass is 10.1. The third kappa shape index (κ3) is 6.09. The van der Waals surface area contributed by atoms with E-state index in [2.05, 4.69) is 10.2 Å². The molecule has 0 saturated carbocycles. The van der Waals surface area contributed by atoms with E-state index in [4.69, 9.17) is 30.5 Å². The summed E-state index contributed by atoms with van der Waals surface area (Å²) in [6.45, 7) is 7.36. The van der Waals surface area contributed by atoms with Crippen LogP contribution in [0.3, 0.4) is 0 Å². The Labute approximate surface area is 198 Å². The molecule has 0 aliphatic carbocycles. The van der Waals surface area contributed by atoms with Gasteiger partial charge < -0.3 is 29.2 Å². The molecule has 3 rings (SSSR count). The minimum atomic E-state index is -0.545. The van der Waals surface area contributed by atoms with Crippen LogP contribution >= 0.6 is 11.6 Å². The van der Waals surface area contributed by atoms with Crippen molar-refractivity contribution in [3.05, 3.63) is 46.5 Å². The minimum absolute atomic E-state index is 0.258. The van der Waals surface area contributed by atoms with E-state index in [-0.39, 0.29) is 16.1 Å². The molecule has 0 unspecified atom stereocenters. The number of anilines is 2. The number of nitrogens with zero attached hydrogens (tertiary/aromatic N) is 1. The summed E-state index contributed by atoms with van der Waals surface area (Å²) in [6.07, 6.45) is 0.806. The van der Waals surface area contributed by atoms with Gasteiger partial charge in [0.25, 0.3) is 5.91 Å². The number of benzene rings is 2. The Morgan fingerprint density at radius 2 is 1.88 bits per heavy atom. The van der Waals surface area contributed by atoms with Crippen molar-refractivity contribution in [3.63, 3.8) is 0 Å². The van der Waals surface area contributed by atoms with Crippen LogP contribution in [0.25, 0.3) is 0 Å².